The zero-order chi connectivity index (χ0) is 21.2. The average Bonchev–Trinajstić information content (AvgIpc) is 2.80. The number of carbonyl (C=O) groups excluding carboxylic acids is 1. The molecule has 3 rings (SSSR count). The van der Waals surface area contributed by atoms with Crippen molar-refractivity contribution in [2.45, 2.75) is 19.3 Å². The molecule has 4 nitrogen and oxygen atoms in total. The van der Waals surface area contributed by atoms with Gasteiger partial charge in [-0.15, -0.1) is 0 Å². The zero-order valence-corrected chi connectivity index (χ0v) is 17.7. The van der Waals surface area contributed by atoms with Crippen molar-refractivity contribution in [1.29, 1.82) is 0 Å². The molecule has 0 aliphatic carbocycles. The standard InChI is InChI=1S/C26H29NO3/c1-29-24-14-13-23(19-25(24)30-2)20-26(28)27(17-15-21-9-5-3-6-10-21)18-16-22-11-7-4-8-12-22/h3-14,19H,15-18,20H2,1-2H3. The Morgan fingerprint density at radius 2 is 1.23 bits per heavy atom. The van der Waals surface area contributed by atoms with Crippen LogP contribution in [0.3, 0.4) is 0 Å². The van der Waals surface area contributed by atoms with Crippen molar-refractivity contribution in [2.75, 3.05) is 27.3 Å². The second kappa shape index (κ2) is 11.1. The molecule has 0 heterocycles. The van der Waals surface area contributed by atoms with E-state index >= 15 is 0 Å². The minimum atomic E-state index is 0.120. The number of nitrogens with zero attached hydrogens (tertiary/aromatic N) is 1. The van der Waals surface area contributed by atoms with Gasteiger partial charge < -0.3 is 14.4 Å². The second-order valence-corrected chi connectivity index (χ2v) is 7.22. The van der Waals surface area contributed by atoms with Crippen LogP contribution in [0.15, 0.2) is 78.9 Å². The smallest absolute Gasteiger partial charge is 0.227 e. The van der Waals surface area contributed by atoms with Gasteiger partial charge in [0.25, 0.3) is 0 Å². The quantitative estimate of drug-likeness (QED) is 0.498. The predicted octanol–water partition coefficient (Wildman–Crippen LogP) is 4.56. The summed E-state index contributed by atoms with van der Waals surface area (Å²) >= 11 is 0. The Hall–Kier alpha value is -3.27. The van der Waals surface area contributed by atoms with E-state index in [9.17, 15) is 4.79 Å². The lowest BCUT2D eigenvalue weighted by atomic mass is 10.1. The SMILES string of the molecule is COc1ccc(CC(=O)N(CCc2ccccc2)CCc2ccccc2)cc1OC. The van der Waals surface area contributed by atoms with Crippen molar-refractivity contribution in [1.82, 2.24) is 4.90 Å². The van der Waals surface area contributed by atoms with Gasteiger partial charge in [-0.2, -0.15) is 0 Å². The van der Waals surface area contributed by atoms with Gasteiger partial charge in [0.05, 0.1) is 20.6 Å². The van der Waals surface area contributed by atoms with Crippen molar-refractivity contribution >= 4 is 5.91 Å². The molecular weight excluding hydrogens is 374 g/mol. The molecule has 0 bridgehead atoms. The van der Waals surface area contributed by atoms with Crippen molar-refractivity contribution < 1.29 is 14.3 Å². The van der Waals surface area contributed by atoms with Crippen molar-refractivity contribution in [3.8, 4) is 11.5 Å². The lowest BCUT2D eigenvalue weighted by Gasteiger charge is -2.23. The van der Waals surface area contributed by atoms with Crippen LogP contribution >= 0.6 is 0 Å². The molecule has 0 unspecified atom stereocenters. The summed E-state index contributed by atoms with van der Waals surface area (Å²) in [4.78, 5) is 15.1. The molecule has 0 radical (unpaired) electrons. The van der Waals surface area contributed by atoms with Crippen LogP contribution < -0.4 is 9.47 Å². The van der Waals surface area contributed by atoms with Gasteiger partial charge in [-0.05, 0) is 41.7 Å². The van der Waals surface area contributed by atoms with Gasteiger partial charge in [0.15, 0.2) is 11.5 Å². The zero-order valence-electron chi connectivity index (χ0n) is 17.7. The van der Waals surface area contributed by atoms with E-state index in [0.29, 0.717) is 31.0 Å². The molecule has 0 atom stereocenters. The fourth-order valence-corrected chi connectivity index (χ4v) is 3.46. The number of methoxy groups -OCH3 is 2. The highest BCUT2D eigenvalue weighted by Crippen LogP contribution is 2.27. The molecule has 4 heteroatoms. The molecule has 3 aromatic carbocycles. The number of hydrogen-bond acceptors (Lipinski definition) is 3. The summed E-state index contributed by atoms with van der Waals surface area (Å²) in [6.07, 6.45) is 2.02. The molecule has 0 saturated heterocycles. The fraction of sp³-hybridized carbons (Fsp3) is 0.269. The van der Waals surface area contributed by atoms with Gasteiger partial charge >= 0.3 is 0 Å². The molecule has 30 heavy (non-hydrogen) atoms. The normalized spacial score (nSPS) is 10.5. The van der Waals surface area contributed by atoms with E-state index in [-0.39, 0.29) is 5.91 Å². The van der Waals surface area contributed by atoms with Gasteiger partial charge in [0, 0.05) is 13.1 Å². The summed E-state index contributed by atoms with van der Waals surface area (Å²) in [5, 5.41) is 0. The first-order valence-electron chi connectivity index (χ1n) is 10.3. The van der Waals surface area contributed by atoms with Crippen LogP contribution in [0.4, 0.5) is 0 Å². The Labute approximate surface area is 179 Å². The summed E-state index contributed by atoms with van der Waals surface area (Å²) in [6, 6.07) is 26.2. The number of amides is 1. The van der Waals surface area contributed by atoms with Gasteiger partial charge in [-0.1, -0.05) is 66.7 Å². The molecule has 0 spiro atoms. The predicted molar refractivity (Wildman–Crippen MR) is 120 cm³/mol. The Morgan fingerprint density at radius 1 is 0.700 bits per heavy atom. The van der Waals surface area contributed by atoms with E-state index in [1.54, 1.807) is 14.2 Å². The minimum Gasteiger partial charge on any atom is -0.493 e. The Kier molecular flexibility index (Phi) is 7.90. The Bertz CT molecular complexity index is 882. The third kappa shape index (κ3) is 6.11. The van der Waals surface area contributed by atoms with Crippen LogP contribution in [-0.2, 0) is 24.1 Å². The summed E-state index contributed by atoms with van der Waals surface area (Å²) in [6.45, 7) is 1.39. The summed E-state index contributed by atoms with van der Waals surface area (Å²) in [5.41, 5.74) is 3.39. The lowest BCUT2D eigenvalue weighted by Crippen LogP contribution is -2.35. The van der Waals surface area contributed by atoms with E-state index in [4.69, 9.17) is 9.47 Å². The van der Waals surface area contributed by atoms with Crippen LogP contribution in [0.1, 0.15) is 16.7 Å². The summed E-state index contributed by atoms with van der Waals surface area (Å²) in [7, 11) is 3.22. The van der Waals surface area contributed by atoms with Gasteiger partial charge in [0.2, 0.25) is 5.91 Å². The van der Waals surface area contributed by atoms with E-state index < -0.39 is 0 Å². The molecular formula is C26H29NO3. The van der Waals surface area contributed by atoms with E-state index in [1.807, 2.05) is 59.5 Å². The molecule has 1 amide bonds. The van der Waals surface area contributed by atoms with Crippen LogP contribution in [0.2, 0.25) is 0 Å². The molecule has 156 valence electrons. The molecule has 0 N–H and O–H groups in total. The first kappa shape index (κ1) is 21.4. The highest BCUT2D eigenvalue weighted by Gasteiger charge is 2.16. The monoisotopic (exact) mass is 403 g/mol. The first-order valence-corrected chi connectivity index (χ1v) is 10.3. The second-order valence-electron chi connectivity index (χ2n) is 7.22. The Morgan fingerprint density at radius 3 is 1.73 bits per heavy atom. The molecule has 3 aromatic rings. The molecule has 0 aliphatic heterocycles. The fourth-order valence-electron chi connectivity index (χ4n) is 3.46. The maximum absolute atomic E-state index is 13.2. The van der Waals surface area contributed by atoms with Gasteiger partial charge in [-0.25, -0.2) is 0 Å². The van der Waals surface area contributed by atoms with Gasteiger partial charge in [0.1, 0.15) is 0 Å². The van der Waals surface area contributed by atoms with Crippen LogP contribution in [-0.4, -0.2) is 38.1 Å². The van der Waals surface area contributed by atoms with Crippen LogP contribution in [0.25, 0.3) is 0 Å². The molecule has 0 aliphatic rings. The average molecular weight is 404 g/mol. The van der Waals surface area contributed by atoms with E-state index in [2.05, 4.69) is 24.3 Å². The third-order valence-electron chi connectivity index (χ3n) is 5.18. The van der Waals surface area contributed by atoms with Crippen molar-refractivity contribution in [3.63, 3.8) is 0 Å². The number of hydrogen-bond donors (Lipinski definition) is 0. The molecule has 0 saturated carbocycles. The highest BCUT2D eigenvalue weighted by molar-refractivity contribution is 5.79. The van der Waals surface area contributed by atoms with E-state index in [0.717, 1.165) is 18.4 Å². The van der Waals surface area contributed by atoms with Crippen molar-refractivity contribution in [3.05, 3.63) is 95.6 Å². The van der Waals surface area contributed by atoms with Gasteiger partial charge in [-0.3, -0.25) is 4.79 Å². The lowest BCUT2D eigenvalue weighted by molar-refractivity contribution is -0.130. The molecule has 0 fully saturated rings. The number of benzene rings is 3. The topological polar surface area (TPSA) is 38.8 Å². The maximum atomic E-state index is 13.2. The van der Waals surface area contributed by atoms with E-state index in [1.165, 1.54) is 11.1 Å². The highest BCUT2D eigenvalue weighted by atomic mass is 16.5. The summed E-state index contributed by atoms with van der Waals surface area (Å²) in [5.74, 6) is 1.43. The minimum absolute atomic E-state index is 0.120. The maximum Gasteiger partial charge on any atom is 0.227 e. The van der Waals surface area contributed by atoms with Crippen molar-refractivity contribution in [2.24, 2.45) is 0 Å². The Balaban J connectivity index is 1.69. The van der Waals surface area contributed by atoms with Crippen LogP contribution in [0, 0.1) is 0 Å². The third-order valence-corrected chi connectivity index (χ3v) is 5.18. The summed E-state index contributed by atoms with van der Waals surface area (Å²) < 4.78 is 10.7. The number of ether oxygens (including phenoxy) is 2. The molecule has 0 aromatic heterocycles. The largest absolute Gasteiger partial charge is 0.493 e. The number of rotatable bonds is 10. The van der Waals surface area contributed by atoms with Crippen LogP contribution in [0.5, 0.6) is 11.5 Å². The number of carbonyl (C=O) groups is 1. The first-order chi connectivity index (χ1) is 14.7.